The lowest BCUT2D eigenvalue weighted by atomic mass is 10.2. The fourth-order valence-corrected chi connectivity index (χ4v) is 3.89. The van der Waals surface area contributed by atoms with E-state index in [1.54, 1.807) is 7.11 Å². The van der Waals surface area contributed by atoms with Gasteiger partial charge in [-0.2, -0.15) is 0 Å². The van der Waals surface area contributed by atoms with Crippen LogP contribution in [-0.4, -0.2) is 24.6 Å². The standard InChI is InChI=1S/C21H21BrN2O3S/c1-14-5-10-19(17(22)12-14)27-11-3-4-20(25)24-21-23-18(13-28-21)15-6-8-16(26-2)9-7-15/h5-10,12-13H,3-4,11H2,1-2H3,(H,23,24,25). The topological polar surface area (TPSA) is 60.5 Å². The summed E-state index contributed by atoms with van der Waals surface area (Å²) in [6.45, 7) is 2.50. The summed E-state index contributed by atoms with van der Waals surface area (Å²) in [5.41, 5.74) is 2.97. The molecule has 146 valence electrons. The predicted octanol–water partition coefficient (Wildman–Crippen LogP) is 5.69. The summed E-state index contributed by atoms with van der Waals surface area (Å²) in [5.74, 6) is 1.52. The van der Waals surface area contributed by atoms with E-state index < -0.39 is 0 Å². The third kappa shape index (κ3) is 5.56. The number of carbonyl (C=O) groups excluding carboxylic acids is 1. The summed E-state index contributed by atoms with van der Waals surface area (Å²) in [6, 6.07) is 13.6. The van der Waals surface area contributed by atoms with Gasteiger partial charge in [-0.15, -0.1) is 11.3 Å². The van der Waals surface area contributed by atoms with Gasteiger partial charge in [0.2, 0.25) is 5.91 Å². The van der Waals surface area contributed by atoms with Crippen LogP contribution in [0, 0.1) is 6.92 Å². The Morgan fingerprint density at radius 2 is 2.00 bits per heavy atom. The fraction of sp³-hybridized carbons (Fsp3) is 0.238. The normalized spacial score (nSPS) is 10.5. The molecule has 3 rings (SSSR count). The highest BCUT2D eigenvalue weighted by Crippen LogP contribution is 2.27. The number of ether oxygens (including phenoxy) is 2. The fourth-order valence-electron chi connectivity index (χ4n) is 2.55. The Balaban J connectivity index is 1.45. The van der Waals surface area contributed by atoms with Gasteiger partial charge in [0, 0.05) is 17.4 Å². The van der Waals surface area contributed by atoms with E-state index in [9.17, 15) is 4.79 Å². The van der Waals surface area contributed by atoms with E-state index in [1.807, 2.05) is 54.8 Å². The predicted molar refractivity (Wildman–Crippen MR) is 116 cm³/mol. The molecule has 0 saturated carbocycles. The van der Waals surface area contributed by atoms with Crippen LogP contribution in [-0.2, 0) is 4.79 Å². The van der Waals surface area contributed by atoms with Crippen molar-refractivity contribution in [2.24, 2.45) is 0 Å². The second-order valence-corrected chi connectivity index (χ2v) is 7.91. The van der Waals surface area contributed by atoms with Crippen molar-refractivity contribution in [2.45, 2.75) is 19.8 Å². The van der Waals surface area contributed by atoms with E-state index >= 15 is 0 Å². The summed E-state index contributed by atoms with van der Waals surface area (Å²) in [7, 11) is 1.64. The zero-order chi connectivity index (χ0) is 19.9. The smallest absolute Gasteiger partial charge is 0.226 e. The van der Waals surface area contributed by atoms with Gasteiger partial charge < -0.3 is 14.8 Å². The first-order valence-electron chi connectivity index (χ1n) is 8.84. The van der Waals surface area contributed by atoms with Gasteiger partial charge in [0.25, 0.3) is 0 Å². The van der Waals surface area contributed by atoms with Crippen LogP contribution in [0.25, 0.3) is 11.3 Å². The van der Waals surface area contributed by atoms with Crippen molar-refractivity contribution in [3.8, 4) is 22.8 Å². The first-order valence-corrected chi connectivity index (χ1v) is 10.5. The Bertz CT molecular complexity index is 941. The Kier molecular flexibility index (Phi) is 7.06. The van der Waals surface area contributed by atoms with Gasteiger partial charge >= 0.3 is 0 Å². The number of carbonyl (C=O) groups is 1. The second kappa shape index (κ2) is 9.71. The van der Waals surface area contributed by atoms with Crippen LogP contribution in [0.3, 0.4) is 0 Å². The molecule has 3 aromatic rings. The van der Waals surface area contributed by atoms with E-state index in [-0.39, 0.29) is 5.91 Å². The molecule has 5 nitrogen and oxygen atoms in total. The lowest BCUT2D eigenvalue weighted by Gasteiger charge is -2.08. The van der Waals surface area contributed by atoms with Gasteiger partial charge in [-0.05, 0) is 71.2 Å². The van der Waals surface area contributed by atoms with E-state index in [4.69, 9.17) is 9.47 Å². The molecule has 0 aliphatic heterocycles. The molecule has 0 atom stereocenters. The quantitative estimate of drug-likeness (QED) is 0.438. The number of thiazole rings is 1. The highest BCUT2D eigenvalue weighted by Gasteiger charge is 2.09. The van der Waals surface area contributed by atoms with Crippen molar-refractivity contribution in [3.05, 3.63) is 57.9 Å². The molecule has 0 saturated heterocycles. The van der Waals surface area contributed by atoms with Crippen LogP contribution in [0.4, 0.5) is 5.13 Å². The molecule has 0 fully saturated rings. The van der Waals surface area contributed by atoms with Crippen LogP contribution in [0.2, 0.25) is 0 Å². The maximum Gasteiger partial charge on any atom is 0.226 e. The second-order valence-electron chi connectivity index (χ2n) is 6.20. The average Bonchev–Trinajstić information content (AvgIpc) is 3.15. The molecule has 0 radical (unpaired) electrons. The minimum absolute atomic E-state index is 0.0674. The lowest BCUT2D eigenvalue weighted by Crippen LogP contribution is -2.12. The summed E-state index contributed by atoms with van der Waals surface area (Å²) in [6.07, 6.45) is 1.00. The maximum atomic E-state index is 12.1. The molecule has 1 aromatic heterocycles. The van der Waals surface area contributed by atoms with Crippen LogP contribution in [0.5, 0.6) is 11.5 Å². The molecule has 1 amide bonds. The van der Waals surface area contributed by atoms with E-state index in [2.05, 4.69) is 26.2 Å². The van der Waals surface area contributed by atoms with Gasteiger partial charge in [0.1, 0.15) is 11.5 Å². The Hall–Kier alpha value is -2.38. The summed E-state index contributed by atoms with van der Waals surface area (Å²) >= 11 is 4.89. The van der Waals surface area contributed by atoms with Crippen molar-refractivity contribution in [3.63, 3.8) is 0 Å². The molecule has 0 spiro atoms. The number of nitrogens with zero attached hydrogens (tertiary/aromatic N) is 1. The van der Waals surface area contributed by atoms with Gasteiger partial charge in [-0.25, -0.2) is 4.98 Å². The Morgan fingerprint density at radius 3 is 2.71 bits per heavy atom. The molecule has 1 heterocycles. The molecule has 0 unspecified atom stereocenters. The summed E-state index contributed by atoms with van der Waals surface area (Å²) < 4.78 is 11.8. The number of aryl methyl sites for hydroxylation is 1. The highest BCUT2D eigenvalue weighted by molar-refractivity contribution is 9.10. The number of nitrogens with one attached hydrogen (secondary N) is 1. The van der Waals surface area contributed by atoms with Crippen molar-refractivity contribution < 1.29 is 14.3 Å². The van der Waals surface area contributed by atoms with Crippen molar-refractivity contribution in [1.82, 2.24) is 4.98 Å². The molecule has 2 aromatic carbocycles. The summed E-state index contributed by atoms with van der Waals surface area (Å²) in [5, 5.41) is 5.37. The number of anilines is 1. The van der Waals surface area contributed by atoms with E-state index in [0.717, 1.165) is 32.8 Å². The number of hydrogen-bond donors (Lipinski definition) is 1. The number of benzene rings is 2. The van der Waals surface area contributed by atoms with Gasteiger partial charge in [0.05, 0.1) is 23.9 Å². The molecule has 0 bridgehead atoms. The van der Waals surface area contributed by atoms with Gasteiger partial charge in [-0.3, -0.25) is 4.79 Å². The lowest BCUT2D eigenvalue weighted by molar-refractivity contribution is -0.116. The maximum absolute atomic E-state index is 12.1. The highest BCUT2D eigenvalue weighted by atomic mass is 79.9. The molecule has 7 heteroatoms. The van der Waals surface area contributed by atoms with Crippen LogP contribution in [0.15, 0.2) is 52.3 Å². The first-order chi connectivity index (χ1) is 13.5. The van der Waals surface area contributed by atoms with Gasteiger partial charge in [0.15, 0.2) is 5.13 Å². The van der Waals surface area contributed by atoms with Crippen molar-refractivity contribution in [2.75, 3.05) is 19.0 Å². The Morgan fingerprint density at radius 1 is 1.21 bits per heavy atom. The van der Waals surface area contributed by atoms with Crippen LogP contribution in [0.1, 0.15) is 18.4 Å². The SMILES string of the molecule is COc1ccc(-c2csc(NC(=O)CCCOc3ccc(C)cc3Br)n2)cc1. The molecule has 1 N–H and O–H groups in total. The third-order valence-electron chi connectivity index (χ3n) is 4.03. The van der Waals surface area contributed by atoms with Crippen LogP contribution < -0.4 is 14.8 Å². The minimum Gasteiger partial charge on any atom is -0.497 e. The zero-order valence-corrected chi connectivity index (χ0v) is 18.1. The van der Waals surface area contributed by atoms with Crippen molar-refractivity contribution in [1.29, 1.82) is 0 Å². The largest absolute Gasteiger partial charge is 0.497 e. The number of aromatic nitrogens is 1. The number of amides is 1. The Labute approximate surface area is 176 Å². The average molecular weight is 461 g/mol. The molecule has 0 aliphatic carbocycles. The van der Waals surface area contributed by atoms with Crippen molar-refractivity contribution >= 4 is 38.3 Å². The molecule has 28 heavy (non-hydrogen) atoms. The number of methoxy groups -OCH3 is 1. The minimum atomic E-state index is -0.0674. The van der Waals surface area contributed by atoms with Gasteiger partial charge in [-0.1, -0.05) is 6.07 Å². The zero-order valence-electron chi connectivity index (χ0n) is 15.7. The first kappa shape index (κ1) is 20.4. The molecule has 0 aliphatic rings. The third-order valence-corrected chi connectivity index (χ3v) is 5.41. The molecular formula is C21H21BrN2O3S. The number of hydrogen-bond acceptors (Lipinski definition) is 5. The number of rotatable bonds is 8. The van der Waals surface area contributed by atoms with E-state index in [0.29, 0.717) is 24.6 Å². The van der Waals surface area contributed by atoms with E-state index in [1.165, 1.54) is 11.3 Å². The molecular weight excluding hydrogens is 440 g/mol. The summed E-state index contributed by atoms with van der Waals surface area (Å²) in [4.78, 5) is 16.6. The van der Waals surface area contributed by atoms with Crippen LogP contribution >= 0.6 is 27.3 Å². The number of halogens is 1. The monoisotopic (exact) mass is 460 g/mol.